The summed E-state index contributed by atoms with van der Waals surface area (Å²) >= 11 is 3.47. The Balaban J connectivity index is 3.02. The summed E-state index contributed by atoms with van der Waals surface area (Å²) in [7, 11) is 3.40. The molecule has 114 valence electrons. The van der Waals surface area contributed by atoms with Crippen molar-refractivity contribution in [2.45, 2.75) is 26.2 Å². The van der Waals surface area contributed by atoms with E-state index in [-0.39, 0.29) is 5.41 Å². The standard InChI is InChI=1S/C14H24BrN3O2/c1-14(2,3)13-16-11(15)10-12(17-13)18(6-8-19-4)7-9-20-5/h10H,6-9H2,1-5H3. The molecule has 0 N–H and O–H groups in total. The van der Waals surface area contributed by atoms with Gasteiger partial charge in [0.2, 0.25) is 0 Å². The number of ether oxygens (including phenoxy) is 2. The van der Waals surface area contributed by atoms with Gasteiger partial charge in [-0.3, -0.25) is 0 Å². The lowest BCUT2D eigenvalue weighted by molar-refractivity contribution is 0.190. The molecule has 5 nitrogen and oxygen atoms in total. The molecule has 1 aromatic rings. The van der Waals surface area contributed by atoms with E-state index in [1.165, 1.54) is 0 Å². The lowest BCUT2D eigenvalue weighted by Gasteiger charge is -2.25. The van der Waals surface area contributed by atoms with Crippen LogP contribution >= 0.6 is 15.9 Å². The van der Waals surface area contributed by atoms with Gasteiger partial charge >= 0.3 is 0 Å². The van der Waals surface area contributed by atoms with E-state index in [4.69, 9.17) is 9.47 Å². The van der Waals surface area contributed by atoms with Gasteiger partial charge in [0, 0.05) is 38.8 Å². The third-order valence-corrected chi connectivity index (χ3v) is 3.21. The van der Waals surface area contributed by atoms with Gasteiger partial charge in [-0.15, -0.1) is 0 Å². The topological polar surface area (TPSA) is 47.5 Å². The van der Waals surface area contributed by atoms with Gasteiger partial charge in [0.15, 0.2) is 0 Å². The Morgan fingerprint density at radius 3 is 2.10 bits per heavy atom. The highest BCUT2D eigenvalue weighted by molar-refractivity contribution is 9.10. The zero-order valence-electron chi connectivity index (χ0n) is 12.9. The van der Waals surface area contributed by atoms with E-state index >= 15 is 0 Å². The highest BCUT2D eigenvalue weighted by Crippen LogP contribution is 2.24. The molecule has 1 heterocycles. The van der Waals surface area contributed by atoms with Crippen molar-refractivity contribution in [3.05, 3.63) is 16.5 Å². The van der Waals surface area contributed by atoms with Crippen molar-refractivity contribution < 1.29 is 9.47 Å². The van der Waals surface area contributed by atoms with Gasteiger partial charge in [-0.25, -0.2) is 9.97 Å². The molecule has 1 rings (SSSR count). The number of anilines is 1. The second-order valence-electron chi connectivity index (χ2n) is 5.60. The summed E-state index contributed by atoms with van der Waals surface area (Å²) in [5.74, 6) is 1.72. The Bertz CT molecular complexity index is 413. The molecule has 0 bridgehead atoms. The Kier molecular flexibility index (Phi) is 6.85. The maximum absolute atomic E-state index is 5.16. The Morgan fingerprint density at radius 1 is 1.10 bits per heavy atom. The summed E-state index contributed by atoms with van der Waals surface area (Å²) < 4.78 is 11.1. The molecule has 0 radical (unpaired) electrons. The van der Waals surface area contributed by atoms with Crippen LogP contribution in [0.5, 0.6) is 0 Å². The number of hydrogen-bond acceptors (Lipinski definition) is 5. The minimum absolute atomic E-state index is 0.0906. The van der Waals surface area contributed by atoms with Crippen LogP contribution in [0.3, 0.4) is 0 Å². The van der Waals surface area contributed by atoms with E-state index in [1.807, 2.05) is 6.07 Å². The molecule has 6 heteroatoms. The molecule has 0 aromatic carbocycles. The quantitative estimate of drug-likeness (QED) is 0.711. The predicted molar refractivity (Wildman–Crippen MR) is 84.4 cm³/mol. The van der Waals surface area contributed by atoms with Crippen molar-refractivity contribution in [1.29, 1.82) is 0 Å². The third-order valence-electron chi connectivity index (χ3n) is 2.81. The van der Waals surface area contributed by atoms with Crippen LogP contribution in [0.25, 0.3) is 0 Å². The van der Waals surface area contributed by atoms with Crippen LogP contribution in [0.2, 0.25) is 0 Å². The molecule has 20 heavy (non-hydrogen) atoms. The average Bonchev–Trinajstić information content (AvgIpc) is 2.37. The van der Waals surface area contributed by atoms with E-state index < -0.39 is 0 Å². The zero-order chi connectivity index (χ0) is 15.2. The Labute approximate surface area is 129 Å². The number of halogens is 1. The van der Waals surface area contributed by atoms with Gasteiger partial charge in [0.25, 0.3) is 0 Å². The average molecular weight is 346 g/mol. The first-order valence-corrected chi connectivity index (χ1v) is 7.45. The molecule has 0 spiro atoms. The molecular formula is C14H24BrN3O2. The lowest BCUT2D eigenvalue weighted by Crippen LogP contribution is -2.32. The maximum atomic E-state index is 5.16. The molecule has 0 aliphatic heterocycles. The molecule has 0 saturated carbocycles. The SMILES string of the molecule is COCCN(CCOC)c1cc(Br)nc(C(C)(C)C)n1. The second-order valence-corrected chi connectivity index (χ2v) is 6.41. The van der Waals surface area contributed by atoms with Gasteiger partial charge < -0.3 is 14.4 Å². The van der Waals surface area contributed by atoms with Crippen molar-refractivity contribution >= 4 is 21.7 Å². The van der Waals surface area contributed by atoms with E-state index in [0.717, 1.165) is 29.3 Å². The van der Waals surface area contributed by atoms with Gasteiger partial charge in [0.1, 0.15) is 16.2 Å². The maximum Gasteiger partial charge on any atom is 0.137 e. The van der Waals surface area contributed by atoms with E-state index in [9.17, 15) is 0 Å². The fourth-order valence-electron chi connectivity index (χ4n) is 1.65. The van der Waals surface area contributed by atoms with Crippen LogP contribution in [-0.2, 0) is 14.9 Å². The molecule has 0 unspecified atom stereocenters. The van der Waals surface area contributed by atoms with Crippen molar-refractivity contribution in [1.82, 2.24) is 9.97 Å². The summed E-state index contributed by atoms with van der Waals surface area (Å²) in [4.78, 5) is 11.3. The molecule has 0 amide bonds. The number of methoxy groups -OCH3 is 2. The smallest absolute Gasteiger partial charge is 0.137 e. The number of aromatic nitrogens is 2. The Hall–Kier alpha value is -0.720. The first kappa shape index (κ1) is 17.3. The summed E-state index contributed by atoms with van der Waals surface area (Å²) in [6, 6.07) is 1.93. The second kappa shape index (κ2) is 7.90. The minimum Gasteiger partial charge on any atom is -0.383 e. The fraction of sp³-hybridized carbons (Fsp3) is 0.714. The van der Waals surface area contributed by atoms with Crippen LogP contribution in [0.1, 0.15) is 26.6 Å². The third kappa shape index (κ3) is 5.34. The molecule has 0 saturated heterocycles. The van der Waals surface area contributed by atoms with Crippen LogP contribution in [-0.4, -0.2) is 50.5 Å². The first-order chi connectivity index (χ1) is 9.38. The highest BCUT2D eigenvalue weighted by atomic mass is 79.9. The van der Waals surface area contributed by atoms with Crippen molar-refractivity contribution in [3.63, 3.8) is 0 Å². The van der Waals surface area contributed by atoms with Crippen molar-refractivity contribution in [3.8, 4) is 0 Å². The van der Waals surface area contributed by atoms with Crippen LogP contribution < -0.4 is 4.90 Å². The van der Waals surface area contributed by atoms with E-state index in [1.54, 1.807) is 14.2 Å². The van der Waals surface area contributed by atoms with Gasteiger partial charge in [-0.2, -0.15) is 0 Å². The molecule has 0 atom stereocenters. The minimum atomic E-state index is -0.0906. The van der Waals surface area contributed by atoms with Gasteiger partial charge in [-0.1, -0.05) is 20.8 Å². The summed E-state index contributed by atoms with van der Waals surface area (Å²) in [5.41, 5.74) is -0.0906. The predicted octanol–water partition coefficient (Wildman–Crippen LogP) is 2.64. The largest absolute Gasteiger partial charge is 0.383 e. The summed E-state index contributed by atoms with van der Waals surface area (Å²) in [6.45, 7) is 9.15. The van der Waals surface area contributed by atoms with Crippen molar-refractivity contribution in [2.24, 2.45) is 0 Å². The fourth-order valence-corrected chi connectivity index (χ4v) is 2.02. The summed E-state index contributed by atoms with van der Waals surface area (Å²) in [6.07, 6.45) is 0. The van der Waals surface area contributed by atoms with Crippen LogP contribution in [0.15, 0.2) is 10.7 Å². The van der Waals surface area contributed by atoms with Crippen molar-refractivity contribution in [2.75, 3.05) is 45.4 Å². The molecule has 0 fully saturated rings. The first-order valence-electron chi connectivity index (χ1n) is 6.66. The number of hydrogen-bond donors (Lipinski definition) is 0. The van der Waals surface area contributed by atoms with Gasteiger partial charge in [-0.05, 0) is 15.9 Å². The molecule has 1 aromatic heterocycles. The van der Waals surface area contributed by atoms with E-state index in [2.05, 4.69) is 51.6 Å². The normalized spacial score (nSPS) is 11.7. The van der Waals surface area contributed by atoms with E-state index in [0.29, 0.717) is 13.2 Å². The molecular weight excluding hydrogens is 322 g/mol. The van der Waals surface area contributed by atoms with Gasteiger partial charge in [0.05, 0.1) is 13.2 Å². The number of rotatable bonds is 7. The lowest BCUT2D eigenvalue weighted by atomic mass is 9.96. The molecule has 0 aliphatic rings. The number of nitrogens with zero attached hydrogens (tertiary/aromatic N) is 3. The summed E-state index contributed by atoms with van der Waals surface area (Å²) in [5, 5.41) is 0. The highest BCUT2D eigenvalue weighted by Gasteiger charge is 2.20. The monoisotopic (exact) mass is 345 g/mol. The van der Waals surface area contributed by atoms with Crippen LogP contribution in [0.4, 0.5) is 5.82 Å². The van der Waals surface area contributed by atoms with Crippen LogP contribution in [0, 0.1) is 0 Å². The molecule has 0 aliphatic carbocycles. The Morgan fingerprint density at radius 2 is 1.65 bits per heavy atom. The zero-order valence-corrected chi connectivity index (χ0v) is 14.5.